The van der Waals surface area contributed by atoms with E-state index >= 15 is 0 Å². The molecule has 1 amide bonds. The number of nitro benzene ring substituents is 2. The SMILES string of the molecule is CC(=O)OCC1=C(S(=O)(=O)O)N2C(=O)[C@H](N=Cc3ccc([N+](=O)[O-])cc3)[C@H]2SC1c1ccc([N+](=O)[O-])cc1. The Labute approximate surface area is 219 Å². The molecule has 2 aromatic carbocycles. The normalized spacial score (nSPS) is 21.2. The molecule has 3 atom stereocenters. The van der Waals surface area contributed by atoms with Crippen LogP contribution in [0, 0.1) is 20.2 Å². The minimum absolute atomic E-state index is 0.0936. The van der Waals surface area contributed by atoms with Gasteiger partial charge in [-0.1, -0.05) is 12.1 Å². The average Bonchev–Trinajstić information content (AvgIpc) is 2.86. The van der Waals surface area contributed by atoms with Gasteiger partial charge in [0.05, 0.1) is 15.1 Å². The maximum atomic E-state index is 13.0. The number of non-ortho nitro benzene ring substituents is 2. The molecule has 2 aliphatic heterocycles. The maximum absolute atomic E-state index is 13.0. The molecule has 14 nitrogen and oxygen atoms in total. The second kappa shape index (κ2) is 10.3. The summed E-state index contributed by atoms with van der Waals surface area (Å²) in [5.74, 6) is -1.47. The molecule has 2 aromatic rings. The van der Waals surface area contributed by atoms with E-state index < -0.39 is 60.1 Å². The van der Waals surface area contributed by atoms with Gasteiger partial charge >= 0.3 is 16.1 Å². The molecule has 0 aromatic heterocycles. The van der Waals surface area contributed by atoms with Crippen LogP contribution in [0.25, 0.3) is 0 Å². The molecule has 0 spiro atoms. The number of aliphatic imine (C=N–C) groups is 1. The van der Waals surface area contributed by atoms with Gasteiger partial charge in [-0.05, 0) is 23.3 Å². The first-order valence-corrected chi connectivity index (χ1v) is 13.1. The average molecular weight is 563 g/mol. The molecular formula is C22H18N4O10S2. The predicted octanol–water partition coefficient (Wildman–Crippen LogP) is 2.61. The van der Waals surface area contributed by atoms with E-state index in [2.05, 4.69) is 4.99 Å². The number of carbonyl (C=O) groups excluding carboxylic acids is 2. The fraction of sp³-hybridized carbons (Fsp3) is 0.227. The summed E-state index contributed by atoms with van der Waals surface area (Å²) in [5.41, 5.74) is 0.423. The zero-order chi connectivity index (χ0) is 27.8. The van der Waals surface area contributed by atoms with E-state index in [1.165, 1.54) is 54.7 Å². The molecule has 4 rings (SSSR count). The molecule has 0 saturated carbocycles. The van der Waals surface area contributed by atoms with Gasteiger partial charge in [0.15, 0.2) is 11.1 Å². The molecule has 0 bridgehead atoms. The second-order valence-electron chi connectivity index (χ2n) is 8.12. The third-order valence-electron chi connectivity index (χ3n) is 5.67. The highest BCUT2D eigenvalue weighted by Gasteiger charge is 2.57. The lowest BCUT2D eigenvalue weighted by Crippen LogP contribution is -2.64. The fourth-order valence-corrected chi connectivity index (χ4v) is 6.64. The summed E-state index contributed by atoms with van der Waals surface area (Å²) in [6.45, 7) is 0.539. The number of rotatable bonds is 8. The fourth-order valence-electron chi connectivity index (χ4n) is 3.93. The zero-order valence-electron chi connectivity index (χ0n) is 19.4. The molecule has 16 heteroatoms. The van der Waals surface area contributed by atoms with Crippen LogP contribution >= 0.6 is 11.8 Å². The van der Waals surface area contributed by atoms with Crippen molar-refractivity contribution < 1.29 is 37.1 Å². The minimum Gasteiger partial charge on any atom is -0.461 e. The summed E-state index contributed by atoms with van der Waals surface area (Å²) in [5, 5.41) is 19.4. The summed E-state index contributed by atoms with van der Waals surface area (Å²) >= 11 is 1.09. The van der Waals surface area contributed by atoms with E-state index in [9.17, 15) is 42.8 Å². The number of nitrogens with zero attached hydrogens (tertiary/aromatic N) is 4. The Bertz CT molecular complexity index is 1490. The second-order valence-corrected chi connectivity index (χ2v) is 10.7. The van der Waals surface area contributed by atoms with Crippen LogP contribution in [0.15, 0.2) is 64.1 Å². The number of esters is 1. The number of nitro groups is 2. The van der Waals surface area contributed by atoms with Crippen LogP contribution in [0.5, 0.6) is 0 Å². The summed E-state index contributed by atoms with van der Waals surface area (Å²) in [4.78, 5) is 50.3. The van der Waals surface area contributed by atoms with Gasteiger partial charge in [0.25, 0.3) is 17.3 Å². The van der Waals surface area contributed by atoms with Gasteiger partial charge in [0.1, 0.15) is 12.0 Å². The third-order valence-corrected chi connectivity index (χ3v) is 8.19. The molecular weight excluding hydrogens is 544 g/mol. The summed E-state index contributed by atoms with van der Waals surface area (Å²) in [6.07, 6.45) is 1.32. The first-order chi connectivity index (χ1) is 17.9. The van der Waals surface area contributed by atoms with Crippen LogP contribution in [0.3, 0.4) is 0 Å². The topological polar surface area (TPSA) is 200 Å². The highest BCUT2D eigenvalue weighted by atomic mass is 32.2. The van der Waals surface area contributed by atoms with E-state index in [1.54, 1.807) is 0 Å². The van der Waals surface area contributed by atoms with E-state index in [4.69, 9.17) is 4.74 Å². The van der Waals surface area contributed by atoms with Crippen molar-refractivity contribution in [2.24, 2.45) is 4.99 Å². The van der Waals surface area contributed by atoms with Crippen molar-refractivity contribution in [2.75, 3.05) is 6.61 Å². The van der Waals surface area contributed by atoms with E-state index in [0.29, 0.717) is 11.1 Å². The molecule has 0 radical (unpaired) electrons. The first-order valence-electron chi connectivity index (χ1n) is 10.7. The van der Waals surface area contributed by atoms with Crippen molar-refractivity contribution in [3.05, 3.63) is 90.5 Å². The lowest BCUT2D eigenvalue weighted by molar-refractivity contribution is -0.385. The smallest absolute Gasteiger partial charge is 0.310 e. The molecule has 38 heavy (non-hydrogen) atoms. The Morgan fingerprint density at radius 2 is 1.66 bits per heavy atom. The number of hydrogen-bond acceptors (Lipinski definition) is 11. The lowest BCUT2D eigenvalue weighted by Gasteiger charge is -2.50. The number of hydrogen-bond donors (Lipinski definition) is 1. The molecule has 1 unspecified atom stereocenters. The molecule has 2 aliphatic rings. The number of thioether (sulfide) groups is 1. The van der Waals surface area contributed by atoms with Gasteiger partial charge in [-0.3, -0.25) is 44.3 Å². The van der Waals surface area contributed by atoms with Crippen LogP contribution in [-0.2, 0) is 24.4 Å². The Kier molecular flexibility index (Phi) is 7.30. The van der Waals surface area contributed by atoms with Crippen LogP contribution in [0.1, 0.15) is 23.3 Å². The molecule has 1 saturated heterocycles. The standard InChI is InChI=1S/C22H18N4O10S2/c1-12(27)36-11-17-19(14-4-8-16(9-5-14)26(31)32)37-21-18(20(28)24(21)22(17)38(33,34)35)23-10-13-2-6-15(7-3-13)25(29)30/h2-10,18-19,21H,11H2,1H3,(H,33,34,35)/t18-,19?,21+/m0/s1. The van der Waals surface area contributed by atoms with E-state index in [1.807, 2.05) is 0 Å². The monoisotopic (exact) mass is 562 g/mol. The van der Waals surface area contributed by atoms with Crippen molar-refractivity contribution in [3.8, 4) is 0 Å². The van der Waals surface area contributed by atoms with Gasteiger partial charge < -0.3 is 4.74 Å². The number of amides is 1. The summed E-state index contributed by atoms with van der Waals surface area (Å²) < 4.78 is 39.9. The molecule has 198 valence electrons. The number of ether oxygens (including phenoxy) is 1. The highest BCUT2D eigenvalue weighted by molar-refractivity contribution is 8.00. The third kappa shape index (κ3) is 5.27. The number of carbonyl (C=O) groups is 2. The van der Waals surface area contributed by atoms with Crippen molar-refractivity contribution in [2.45, 2.75) is 23.6 Å². The van der Waals surface area contributed by atoms with Crippen molar-refractivity contribution in [1.82, 2.24) is 4.90 Å². The molecule has 2 heterocycles. The van der Waals surface area contributed by atoms with Crippen LogP contribution in [0.2, 0.25) is 0 Å². The quantitative estimate of drug-likeness (QED) is 0.124. The van der Waals surface area contributed by atoms with Gasteiger partial charge in [-0.15, -0.1) is 11.8 Å². The summed E-state index contributed by atoms with van der Waals surface area (Å²) in [6, 6.07) is 9.54. The van der Waals surface area contributed by atoms with Crippen molar-refractivity contribution in [1.29, 1.82) is 0 Å². The Balaban J connectivity index is 1.73. The Hall–Kier alpha value is -4.15. The van der Waals surface area contributed by atoms with Crippen LogP contribution in [0.4, 0.5) is 11.4 Å². The maximum Gasteiger partial charge on any atom is 0.310 e. The Morgan fingerprint density at radius 3 is 2.16 bits per heavy atom. The largest absolute Gasteiger partial charge is 0.461 e. The van der Waals surface area contributed by atoms with Gasteiger partial charge in [0, 0.05) is 43.0 Å². The number of benzene rings is 2. The van der Waals surface area contributed by atoms with Crippen LogP contribution < -0.4 is 0 Å². The predicted molar refractivity (Wildman–Crippen MR) is 134 cm³/mol. The van der Waals surface area contributed by atoms with E-state index in [0.717, 1.165) is 23.6 Å². The van der Waals surface area contributed by atoms with E-state index in [-0.39, 0.29) is 16.9 Å². The van der Waals surface area contributed by atoms with Gasteiger partial charge in [-0.2, -0.15) is 8.42 Å². The first kappa shape index (κ1) is 26.9. The highest BCUT2D eigenvalue weighted by Crippen LogP contribution is 2.53. The van der Waals surface area contributed by atoms with Gasteiger partial charge in [0.2, 0.25) is 0 Å². The van der Waals surface area contributed by atoms with Crippen molar-refractivity contribution >= 4 is 51.3 Å². The number of fused-ring (bicyclic) bond motifs is 1. The lowest BCUT2D eigenvalue weighted by atomic mass is 10.0. The zero-order valence-corrected chi connectivity index (χ0v) is 21.0. The van der Waals surface area contributed by atoms with Crippen molar-refractivity contribution in [3.63, 3.8) is 0 Å². The molecule has 1 N–H and O–H groups in total. The number of β-lactam (4-membered cyclic amide) rings is 1. The van der Waals surface area contributed by atoms with Crippen LogP contribution in [-0.4, -0.2) is 63.8 Å². The minimum atomic E-state index is -5.00. The molecule has 0 aliphatic carbocycles. The van der Waals surface area contributed by atoms with Gasteiger partial charge in [-0.25, -0.2) is 0 Å². The summed E-state index contributed by atoms with van der Waals surface area (Å²) in [7, 11) is -5.00. The Morgan fingerprint density at radius 1 is 1.11 bits per heavy atom. The molecule has 1 fully saturated rings.